The molecule has 13 spiro atoms. The quantitative estimate of drug-likeness (QED) is 0.0482. The first kappa shape index (κ1) is 60.9. The highest BCUT2D eigenvalue weighted by atomic mass is 16.6. The van der Waals surface area contributed by atoms with Crippen LogP contribution < -0.4 is 0 Å². The van der Waals surface area contributed by atoms with E-state index in [0.717, 1.165) is 289 Å². The van der Waals surface area contributed by atoms with E-state index in [1.165, 1.54) is 11.1 Å². The van der Waals surface area contributed by atoms with Gasteiger partial charge in [-0.05, 0) is 382 Å². The summed E-state index contributed by atoms with van der Waals surface area (Å²) in [7, 11) is 0. The van der Waals surface area contributed by atoms with Crippen molar-refractivity contribution in [3.05, 3.63) is 228 Å². The maximum atomic E-state index is 19.2. The van der Waals surface area contributed by atoms with E-state index in [4.69, 9.17) is 37.9 Å². The summed E-state index contributed by atoms with van der Waals surface area (Å²) in [6.45, 7) is 10.4. The summed E-state index contributed by atoms with van der Waals surface area (Å²) < 4.78 is 57.9. The molecule has 8 heterocycles. The van der Waals surface area contributed by atoms with Crippen LogP contribution in [0.5, 0.6) is 0 Å². The van der Waals surface area contributed by atoms with E-state index in [9.17, 15) is 0 Å². The fourth-order valence-electron chi connectivity index (χ4n) is 43.0. The summed E-state index contributed by atoms with van der Waals surface area (Å²) in [6, 6.07) is 17.0. The van der Waals surface area contributed by atoms with Crippen LogP contribution in [-0.2, 0) is 167 Å². The van der Waals surface area contributed by atoms with Crippen LogP contribution in [0.3, 0.4) is 0 Å². The van der Waals surface area contributed by atoms with Gasteiger partial charge in [-0.15, -0.1) is 0 Å². The number of benzene rings is 10. The van der Waals surface area contributed by atoms with Crippen LogP contribution in [0.15, 0.2) is 71.8 Å². The molecule has 10 aromatic carbocycles. The zero-order chi connectivity index (χ0) is 81.8. The molecule has 23 bridgehead atoms. The second-order valence-corrected chi connectivity index (χ2v) is 43.2. The zero-order valence-corrected chi connectivity index (χ0v) is 68.6. The van der Waals surface area contributed by atoms with Gasteiger partial charge in [-0.2, -0.15) is 0 Å². The lowest BCUT2D eigenvalue weighted by molar-refractivity contribution is -0.169. The number of hydrogen-bond acceptors (Lipinski definition) is 16. The monoisotopic (exact) mass is 1640 g/mol. The summed E-state index contributed by atoms with van der Waals surface area (Å²) in [6.07, 6.45) is 9.78. The lowest BCUT2D eigenvalue weighted by Crippen LogP contribution is -2.55. The fraction of sp³-hybridized carbons (Fsp3) is 0.345. The lowest BCUT2D eigenvalue weighted by atomic mass is 9.42. The Bertz CT molecular complexity index is 7810. The molecule has 16 heteroatoms. The molecule has 38 aliphatic rings. The largest absolute Gasteiger partial charge is 0.465 e. The number of aryl methyl sites for hydroxylation is 2. The van der Waals surface area contributed by atoms with Gasteiger partial charge < -0.3 is 37.9 Å². The first-order chi connectivity index (χ1) is 61.6. The minimum absolute atomic E-state index is 0.0621. The van der Waals surface area contributed by atoms with Crippen molar-refractivity contribution in [2.24, 2.45) is 21.7 Å². The molecule has 4 unspecified atom stereocenters. The van der Waals surface area contributed by atoms with Gasteiger partial charge in [0.15, 0.2) is 21.7 Å². The molecule has 10 aromatic rings. The predicted molar refractivity (Wildman–Crippen MR) is 442 cm³/mol. The van der Waals surface area contributed by atoms with E-state index in [1.54, 1.807) is 0 Å². The number of esters is 8. The molecule has 0 saturated heterocycles. The minimum atomic E-state index is -2.32. The molecular weight excluding hydrogens is 1580 g/mol. The van der Waals surface area contributed by atoms with Crippen LogP contribution in [0.1, 0.15) is 236 Å². The first-order valence-corrected chi connectivity index (χ1v) is 46.6. The van der Waals surface area contributed by atoms with Crippen LogP contribution in [0.25, 0.3) is 134 Å². The molecule has 126 heavy (non-hydrogen) atoms. The molecule has 0 amide bonds. The third-order valence-electron chi connectivity index (χ3n) is 43.1. The highest BCUT2D eigenvalue weighted by molar-refractivity contribution is 6.44. The van der Waals surface area contributed by atoms with Crippen LogP contribution in [0, 0.1) is 21.7 Å². The van der Waals surface area contributed by atoms with Gasteiger partial charge in [0.2, 0.25) is 0 Å². The summed E-state index contributed by atoms with van der Waals surface area (Å²) in [5.41, 5.74) is 24.4. The molecule has 0 N–H and O–H groups in total. The predicted octanol–water partition coefficient (Wildman–Crippen LogP) is 14.7. The fourth-order valence-corrected chi connectivity index (χ4v) is 43.0. The Morgan fingerprint density at radius 3 is 0.651 bits per heavy atom. The molecule has 8 aliphatic heterocycles. The molecule has 596 valence electrons. The van der Waals surface area contributed by atoms with Crippen LogP contribution >= 0.6 is 0 Å². The zero-order valence-electron chi connectivity index (χ0n) is 68.6. The van der Waals surface area contributed by atoms with Crippen molar-refractivity contribution in [1.29, 1.82) is 0 Å². The third-order valence-corrected chi connectivity index (χ3v) is 43.1. The van der Waals surface area contributed by atoms with Gasteiger partial charge in [-0.25, -0.2) is 0 Å². The van der Waals surface area contributed by atoms with Crippen molar-refractivity contribution in [3.63, 3.8) is 0 Å². The Balaban J connectivity index is 0.863. The summed E-state index contributed by atoms with van der Waals surface area (Å²) in [4.78, 5) is 149. The molecule has 4 fully saturated rings. The van der Waals surface area contributed by atoms with Crippen molar-refractivity contribution >= 4 is 47.8 Å². The van der Waals surface area contributed by atoms with Gasteiger partial charge in [0, 0.05) is 21.7 Å². The van der Waals surface area contributed by atoms with Crippen molar-refractivity contribution in [3.8, 4) is 134 Å². The maximum absolute atomic E-state index is 19.2. The highest BCUT2D eigenvalue weighted by Crippen LogP contribution is 3.13. The smallest absolute Gasteiger partial charge is 0.326 e. The van der Waals surface area contributed by atoms with Crippen molar-refractivity contribution in [2.75, 3.05) is 39.6 Å². The molecule has 0 radical (unpaired) electrons. The van der Waals surface area contributed by atoms with Crippen molar-refractivity contribution < 1.29 is 76.3 Å². The second-order valence-electron chi connectivity index (χ2n) is 43.2. The summed E-state index contributed by atoms with van der Waals surface area (Å²) >= 11 is 0. The average molecular weight is 1640 g/mol. The van der Waals surface area contributed by atoms with Gasteiger partial charge >= 0.3 is 47.8 Å². The SMILES string of the molecule is CCOC(=O)C1(C(=O)OCC)C23c4c5c6c7c8c4-c4c2c2c9c%10c4C4%11c%12c-%10c%10c%13c%14c%12-c%12c(c-7c7c%15c%12C%14%12C%14%16C(=O)OCc%17ccc(cc%17)CCC%17=CCC6%18c6c-5c5c%19c%20c6-c6c(c-%15c%15c%21c6C%206C(C(=O)OCC)(C(=O)OCC)C6%20c6c%22c(c-2c(c6-%19)C513)C91CC=C(CCc2ccc(cc2)COC%14=O)CC%101c1c-%22c%20c-%21c(c1-%13)C%15%16%12)C7%18C%17)C84C%11(C(=O)OCC)C(=O)OCC. The molecule has 4 saturated carbocycles. The van der Waals surface area contributed by atoms with E-state index < -0.39 is 134 Å². The maximum Gasteiger partial charge on any atom is 0.326 e. The standard InChI is InChI=1S/C110H60O16/c1-7-119-87(111)107(88(112)120-8-2)99-71-39-41-65-45-49-69-53-51-67-47-43-63(39)95(65)27-25-35(29-97(67,69)95)19-13-33-15-21-37(22-16-33)31-125-93(117)110-94(118)126-32-38-23-17-34(18-24-38)14-20-36-26-28-96-64-40-42-66(96)46-50-70-54-52-68(98(70,96)30-36)48-44(64)76-56(72(40)99)55(71)75(43)101-79(47)59-60(80(48)102(76,101)108(101,89(113)121-9-3)90(114)122-10-4)84(52)105(110,83(51)59)106(110)85(53)61-62(86(54)106)82(50)104-78(46)58-57(73(41)100(99,107)74(42)58)77(45)103(104,81(49)61)109(104,91(115)123-11-5)92(116)124-12-6/h15-18,21-26H,7-14,19-20,27-32H2,1-6H3. The van der Waals surface area contributed by atoms with Crippen LogP contribution in [-0.4, -0.2) is 87.4 Å². The van der Waals surface area contributed by atoms with E-state index in [2.05, 4.69) is 60.7 Å². The Morgan fingerprint density at radius 1 is 0.246 bits per heavy atom. The van der Waals surface area contributed by atoms with Crippen LogP contribution in [0.4, 0.5) is 0 Å². The van der Waals surface area contributed by atoms with Gasteiger partial charge in [0.25, 0.3) is 0 Å². The van der Waals surface area contributed by atoms with E-state index in [0.29, 0.717) is 51.4 Å². The highest BCUT2D eigenvalue weighted by Gasteiger charge is 3.14. The number of allylic oxidation sites excluding steroid dienone is 4. The minimum Gasteiger partial charge on any atom is -0.465 e. The third kappa shape index (κ3) is 3.57. The van der Waals surface area contributed by atoms with E-state index in [-0.39, 0.29) is 52.9 Å². The normalized spacial score (nSPS) is 35.7. The molecular formula is C110H60O16. The summed E-state index contributed by atoms with van der Waals surface area (Å²) in [5.74, 6) is -5.35. The number of carbonyl (C=O) groups is 8. The first-order valence-electron chi connectivity index (χ1n) is 46.6. The lowest BCUT2D eigenvalue weighted by Gasteiger charge is -2.58. The van der Waals surface area contributed by atoms with Gasteiger partial charge in [0.1, 0.15) is 13.2 Å². The Kier molecular flexibility index (Phi) is 7.33. The average Bonchev–Trinajstić information content (AvgIpc) is 1.32. The summed E-state index contributed by atoms with van der Waals surface area (Å²) in [5, 5.41) is 0. The van der Waals surface area contributed by atoms with Crippen molar-refractivity contribution in [1.82, 2.24) is 0 Å². The number of hydrogen-bond donors (Lipinski definition) is 0. The molecule has 48 rings (SSSR count). The second kappa shape index (κ2) is 15.2. The molecule has 30 aliphatic carbocycles. The number of rotatable bonds is 12. The Morgan fingerprint density at radius 2 is 0.437 bits per heavy atom. The van der Waals surface area contributed by atoms with Gasteiger partial charge in [-0.1, -0.05) is 71.8 Å². The van der Waals surface area contributed by atoms with Gasteiger partial charge in [0.05, 0.1) is 83.0 Å². The Hall–Kier alpha value is -12.6. The van der Waals surface area contributed by atoms with E-state index in [1.807, 2.05) is 41.5 Å². The van der Waals surface area contributed by atoms with Gasteiger partial charge in [-0.3, -0.25) is 38.4 Å². The Labute approximate surface area is 713 Å². The van der Waals surface area contributed by atoms with Crippen molar-refractivity contribution in [2.45, 2.75) is 171 Å². The molecule has 0 aromatic heterocycles. The van der Waals surface area contributed by atoms with Crippen LogP contribution in [0.2, 0.25) is 0 Å². The molecule has 4 atom stereocenters. The molecule has 16 nitrogen and oxygen atoms in total. The topological polar surface area (TPSA) is 210 Å². The van der Waals surface area contributed by atoms with E-state index >= 15 is 38.4 Å². The number of carbonyl (C=O) groups excluding carboxylic acids is 8. The number of ether oxygens (including phenoxy) is 8.